The average Bonchev–Trinajstić information content (AvgIpc) is 2.87. The predicted octanol–water partition coefficient (Wildman–Crippen LogP) is 4.17. The number of halogens is 13. The van der Waals surface area contributed by atoms with E-state index >= 15 is 0 Å². The van der Waals surface area contributed by atoms with Crippen LogP contribution in [0.5, 0.6) is 0 Å². The molecule has 0 radical (unpaired) electrons. The summed E-state index contributed by atoms with van der Waals surface area (Å²) >= 11 is 0. The molecule has 1 aliphatic rings. The van der Waals surface area contributed by atoms with Gasteiger partial charge in [0.05, 0.1) is 6.61 Å². The summed E-state index contributed by atoms with van der Waals surface area (Å²) in [6.07, 6.45) is -32.1. The van der Waals surface area contributed by atoms with Gasteiger partial charge in [-0.3, -0.25) is 4.74 Å². The van der Waals surface area contributed by atoms with Crippen molar-refractivity contribution in [2.24, 2.45) is 0 Å². The topological polar surface area (TPSA) is 54.0 Å². The molecule has 18 heteroatoms. The Kier molecular flexibility index (Phi) is 6.04. The zero-order valence-electron chi connectivity index (χ0n) is 12.4. The summed E-state index contributed by atoms with van der Waals surface area (Å²) in [5.74, 6) is -14.7. The molecule has 0 aromatic heterocycles. The highest BCUT2D eigenvalue weighted by atomic mass is 19.4. The van der Waals surface area contributed by atoms with Crippen LogP contribution in [0.4, 0.5) is 61.9 Å². The van der Waals surface area contributed by atoms with E-state index in [-0.39, 0.29) is 0 Å². The first-order valence-corrected chi connectivity index (χ1v) is 6.31. The zero-order chi connectivity index (χ0) is 22.4. The van der Waals surface area contributed by atoms with Crippen molar-refractivity contribution in [1.82, 2.24) is 0 Å². The standard InChI is InChI=1S/C10H5F13O5/c11-5(12,7(14,15)16)9(20,21)28-6(13,8(17,18)19)10(22,23)26-2-3-1-25-4(24)27-3/h3H,1-2H2. The quantitative estimate of drug-likeness (QED) is 0.429. The lowest BCUT2D eigenvalue weighted by Gasteiger charge is -2.38. The van der Waals surface area contributed by atoms with Crippen molar-refractivity contribution >= 4 is 6.16 Å². The Bertz CT molecular complexity index is 585. The number of carbonyl (C=O) groups excluding carboxylic acids is 1. The molecule has 0 aliphatic carbocycles. The number of rotatable bonds is 7. The van der Waals surface area contributed by atoms with Crippen LogP contribution in [0.15, 0.2) is 0 Å². The van der Waals surface area contributed by atoms with E-state index in [1.807, 2.05) is 0 Å². The largest absolute Gasteiger partial charge is 0.508 e. The highest BCUT2D eigenvalue weighted by molar-refractivity contribution is 5.61. The van der Waals surface area contributed by atoms with Gasteiger partial charge in [0.25, 0.3) is 0 Å². The summed E-state index contributed by atoms with van der Waals surface area (Å²) in [5, 5.41) is 0. The van der Waals surface area contributed by atoms with E-state index in [1.165, 1.54) is 0 Å². The lowest BCUT2D eigenvalue weighted by Crippen LogP contribution is -2.65. The van der Waals surface area contributed by atoms with Gasteiger partial charge in [-0.1, -0.05) is 0 Å². The monoisotopic (exact) mass is 452 g/mol. The normalized spacial score (nSPS) is 21.9. The van der Waals surface area contributed by atoms with Crippen molar-refractivity contribution < 1.29 is 80.8 Å². The molecule has 1 heterocycles. The van der Waals surface area contributed by atoms with Crippen LogP contribution in [0, 0.1) is 0 Å². The number of hydrogen-bond acceptors (Lipinski definition) is 5. The van der Waals surface area contributed by atoms with Crippen LogP contribution in [-0.4, -0.2) is 61.8 Å². The van der Waals surface area contributed by atoms with E-state index < -0.39 is 61.8 Å². The molecule has 0 aromatic carbocycles. The molecular formula is C10H5F13O5. The minimum absolute atomic E-state index is 0.927. The highest BCUT2D eigenvalue weighted by Gasteiger charge is 2.83. The molecule has 5 nitrogen and oxygen atoms in total. The van der Waals surface area contributed by atoms with Crippen LogP contribution in [0.3, 0.4) is 0 Å². The first kappa shape index (κ1) is 24.3. The molecule has 1 aliphatic heterocycles. The van der Waals surface area contributed by atoms with Crippen LogP contribution < -0.4 is 0 Å². The van der Waals surface area contributed by atoms with Gasteiger partial charge in [-0.15, -0.1) is 0 Å². The second-order valence-corrected chi connectivity index (χ2v) is 4.91. The molecular weight excluding hydrogens is 447 g/mol. The molecule has 0 spiro atoms. The Hall–Kier alpha value is -1.72. The summed E-state index contributed by atoms with van der Waals surface area (Å²) in [4.78, 5) is 10.5. The lowest BCUT2D eigenvalue weighted by molar-refractivity contribution is -0.533. The maximum Gasteiger partial charge on any atom is 0.508 e. The minimum Gasteiger partial charge on any atom is -0.430 e. The lowest BCUT2D eigenvalue weighted by atomic mass is 10.2. The number of cyclic esters (lactones) is 2. The summed E-state index contributed by atoms with van der Waals surface area (Å²) in [5.41, 5.74) is 0. The van der Waals surface area contributed by atoms with Gasteiger partial charge in [0.15, 0.2) is 6.10 Å². The molecule has 1 rings (SSSR count). The third-order valence-electron chi connectivity index (χ3n) is 2.83. The second kappa shape index (κ2) is 6.96. The molecule has 166 valence electrons. The van der Waals surface area contributed by atoms with E-state index in [9.17, 15) is 61.9 Å². The van der Waals surface area contributed by atoms with Gasteiger partial charge >= 0.3 is 42.5 Å². The fourth-order valence-corrected chi connectivity index (χ4v) is 1.43. The highest BCUT2D eigenvalue weighted by Crippen LogP contribution is 2.54. The number of hydrogen-bond donors (Lipinski definition) is 0. The van der Waals surface area contributed by atoms with Crippen molar-refractivity contribution in [1.29, 1.82) is 0 Å². The maximum atomic E-state index is 13.7. The zero-order valence-corrected chi connectivity index (χ0v) is 12.4. The Balaban J connectivity index is 3.18. The molecule has 28 heavy (non-hydrogen) atoms. The molecule has 0 N–H and O–H groups in total. The molecule has 0 bridgehead atoms. The van der Waals surface area contributed by atoms with E-state index in [0.717, 1.165) is 0 Å². The van der Waals surface area contributed by atoms with Gasteiger partial charge in [0, 0.05) is 0 Å². The van der Waals surface area contributed by atoms with Gasteiger partial charge in [-0.25, -0.2) is 4.79 Å². The van der Waals surface area contributed by atoms with Crippen molar-refractivity contribution in [3.05, 3.63) is 0 Å². The van der Waals surface area contributed by atoms with Crippen LogP contribution in [0.1, 0.15) is 0 Å². The third kappa shape index (κ3) is 4.31. The fourth-order valence-electron chi connectivity index (χ4n) is 1.43. The number of carbonyl (C=O) groups is 1. The van der Waals surface area contributed by atoms with E-state index in [2.05, 4.69) is 14.2 Å². The molecule has 1 saturated heterocycles. The molecule has 1 fully saturated rings. The number of ether oxygens (including phenoxy) is 4. The van der Waals surface area contributed by atoms with Crippen LogP contribution >= 0.6 is 0 Å². The van der Waals surface area contributed by atoms with Crippen LogP contribution in [0.2, 0.25) is 0 Å². The van der Waals surface area contributed by atoms with Gasteiger partial charge in [-0.2, -0.15) is 57.1 Å². The summed E-state index contributed by atoms with van der Waals surface area (Å²) in [7, 11) is 0. The van der Waals surface area contributed by atoms with Gasteiger partial charge in [0.2, 0.25) is 0 Å². The van der Waals surface area contributed by atoms with Crippen LogP contribution in [-0.2, 0) is 18.9 Å². The molecule has 0 amide bonds. The van der Waals surface area contributed by atoms with Crippen LogP contribution in [0.25, 0.3) is 0 Å². The van der Waals surface area contributed by atoms with Gasteiger partial charge in [-0.05, 0) is 0 Å². The summed E-state index contributed by atoms with van der Waals surface area (Å²) in [6.45, 7) is -2.80. The number of alkyl halides is 13. The average molecular weight is 452 g/mol. The van der Waals surface area contributed by atoms with Crippen molar-refractivity contribution in [2.45, 2.75) is 42.5 Å². The first-order chi connectivity index (χ1) is 12.2. The van der Waals surface area contributed by atoms with E-state index in [0.29, 0.717) is 0 Å². The minimum atomic E-state index is -7.51. The SMILES string of the molecule is O=C1OCC(COC(F)(F)C(F)(OC(F)(F)C(F)(F)C(F)(F)F)C(F)(F)F)O1. The Morgan fingerprint density at radius 1 is 0.821 bits per heavy atom. The first-order valence-electron chi connectivity index (χ1n) is 6.31. The van der Waals surface area contributed by atoms with Gasteiger partial charge in [0.1, 0.15) is 6.61 Å². The fraction of sp³-hybridized carbons (Fsp3) is 0.900. The molecule has 2 atom stereocenters. The molecule has 0 saturated carbocycles. The van der Waals surface area contributed by atoms with E-state index in [1.54, 1.807) is 4.74 Å². The Morgan fingerprint density at radius 2 is 1.32 bits per heavy atom. The smallest absolute Gasteiger partial charge is 0.430 e. The van der Waals surface area contributed by atoms with Crippen molar-refractivity contribution in [3.8, 4) is 0 Å². The Morgan fingerprint density at radius 3 is 1.68 bits per heavy atom. The second-order valence-electron chi connectivity index (χ2n) is 4.91. The van der Waals surface area contributed by atoms with Crippen molar-refractivity contribution in [2.75, 3.05) is 13.2 Å². The van der Waals surface area contributed by atoms with Crippen molar-refractivity contribution in [3.63, 3.8) is 0 Å². The predicted molar refractivity (Wildman–Crippen MR) is 54.0 cm³/mol. The molecule has 2 unspecified atom stereocenters. The Labute approximate surface area is 144 Å². The van der Waals surface area contributed by atoms with Gasteiger partial charge < -0.3 is 14.2 Å². The molecule has 0 aromatic rings. The summed E-state index contributed by atoms with van der Waals surface area (Å²) in [6, 6.07) is 0. The maximum absolute atomic E-state index is 13.7. The van der Waals surface area contributed by atoms with E-state index in [4.69, 9.17) is 0 Å². The third-order valence-corrected chi connectivity index (χ3v) is 2.83. The summed E-state index contributed by atoms with van der Waals surface area (Å²) < 4.78 is 178.